The topological polar surface area (TPSA) is 26.0 Å². The van der Waals surface area contributed by atoms with Gasteiger partial charge in [-0.2, -0.15) is 0 Å². The van der Waals surface area contributed by atoms with Crippen molar-refractivity contribution in [2.24, 2.45) is 5.73 Å². The fourth-order valence-corrected chi connectivity index (χ4v) is 1.86. The minimum Gasteiger partial charge on any atom is -0.327 e. The highest BCUT2D eigenvalue weighted by atomic mass is 14.5. The molecular weight excluding hydrogens is 194 g/mol. The van der Waals surface area contributed by atoms with Crippen molar-refractivity contribution < 1.29 is 0 Å². The highest BCUT2D eigenvalue weighted by Crippen LogP contribution is 2.27. The fraction of sp³-hybridized carbons (Fsp3) is 0.467. The molecule has 0 atom stereocenters. The quantitative estimate of drug-likeness (QED) is 0.805. The largest absolute Gasteiger partial charge is 0.327 e. The maximum atomic E-state index is 5.49. The standard InChI is InChI=1S/C15H23N/c1-11-9-13(15(3,4)5)10-12(2)14(11)7-6-8-16/h6-7,9-10H,8,16H2,1-5H3/b7-6+. The van der Waals surface area contributed by atoms with E-state index in [2.05, 4.69) is 52.8 Å². The zero-order valence-corrected chi connectivity index (χ0v) is 11.1. The molecule has 0 spiro atoms. The Morgan fingerprint density at radius 2 is 1.62 bits per heavy atom. The third kappa shape index (κ3) is 2.96. The maximum absolute atomic E-state index is 5.49. The van der Waals surface area contributed by atoms with E-state index in [1.807, 2.05) is 6.08 Å². The minimum absolute atomic E-state index is 0.214. The monoisotopic (exact) mass is 217 g/mol. The molecule has 88 valence electrons. The first-order valence-corrected chi connectivity index (χ1v) is 5.84. The van der Waals surface area contributed by atoms with Crippen molar-refractivity contribution in [2.75, 3.05) is 6.54 Å². The molecule has 1 rings (SSSR count). The molecule has 0 bridgehead atoms. The Kier molecular flexibility index (Phi) is 3.93. The molecule has 2 N–H and O–H groups in total. The smallest absolute Gasteiger partial charge is 0.0110 e. The molecule has 1 aromatic carbocycles. The average Bonchev–Trinajstić information content (AvgIpc) is 2.15. The van der Waals surface area contributed by atoms with Crippen LogP contribution in [-0.2, 0) is 5.41 Å². The zero-order chi connectivity index (χ0) is 12.3. The second-order valence-electron chi connectivity index (χ2n) is 5.41. The van der Waals surface area contributed by atoms with E-state index in [-0.39, 0.29) is 5.41 Å². The summed E-state index contributed by atoms with van der Waals surface area (Å²) < 4.78 is 0. The van der Waals surface area contributed by atoms with Crippen molar-refractivity contribution >= 4 is 6.08 Å². The number of hydrogen-bond acceptors (Lipinski definition) is 1. The highest BCUT2D eigenvalue weighted by molar-refractivity contribution is 5.59. The van der Waals surface area contributed by atoms with Crippen LogP contribution in [0, 0.1) is 13.8 Å². The highest BCUT2D eigenvalue weighted by Gasteiger charge is 2.15. The first-order chi connectivity index (χ1) is 7.36. The van der Waals surface area contributed by atoms with E-state index in [1.165, 1.54) is 22.3 Å². The number of rotatable bonds is 2. The molecule has 0 aliphatic heterocycles. The average molecular weight is 217 g/mol. The SMILES string of the molecule is Cc1cc(C(C)(C)C)cc(C)c1/C=C/CN. The number of hydrogen-bond donors (Lipinski definition) is 1. The van der Waals surface area contributed by atoms with Crippen molar-refractivity contribution in [1.29, 1.82) is 0 Å². The van der Waals surface area contributed by atoms with Crippen LogP contribution in [-0.4, -0.2) is 6.54 Å². The molecule has 0 amide bonds. The molecule has 0 fully saturated rings. The Bertz CT molecular complexity index is 371. The maximum Gasteiger partial charge on any atom is 0.0110 e. The van der Waals surface area contributed by atoms with E-state index in [4.69, 9.17) is 5.73 Å². The normalized spacial score (nSPS) is 12.4. The molecule has 0 unspecified atom stereocenters. The van der Waals surface area contributed by atoms with Crippen LogP contribution < -0.4 is 5.73 Å². The van der Waals surface area contributed by atoms with Crippen molar-refractivity contribution in [3.05, 3.63) is 40.5 Å². The Hall–Kier alpha value is -1.08. The summed E-state index contributed by atoms with van der Waals surface area (Å²) in [4.78, 5) is 0. The summed E-state index contributed by atoms with van der Waals surface area (Å²) in [5, 5.41) is 0. The fourth-order valence-electron chi connectivity index (χ4n) is 1.86. The van der Waals surface area contributed by atoms with Gasteiger partial charge in [0.2, 0.25) is 0 Å². The van der Waals surface area contributed by atoms with Crippen LogP contribution in [0.2, 0.25) is 0 Å². The van der Waals surface area contributed by atoms with Gasteiger partial charge in [0.15, 0.2) is 0 Å². The van der Waals surface area contributed by atoms with E-state index in [1.54, 1.807) is 0 Å². The van der Waals surface area contributed by atoms with Crippen LogP contribution in [0.3, 0.4) is 0 Å². The van der Waals surface area contributed by atoms with Gasteiger partial charge in [-0.05, 0) is 41.5 Å². The lowest BCUT2D eigenvalue weighted by atomic mass is 9.84. The number of nitrogens with two attached hydrogens (primary N) is 1. The second kappa shape index (κ2) is 4.84. The molecule has 0 aliphatic carbocycles. The van der Waals surface area contributed by atoms with Gasteiger partial charge in [-0.1, -0.05) is 45.1 Å². The third-order valence-electron chi connectivity index (χ3n) is 2.88. The lowest BCUT2D eigenvalue weighted by molar-refractivity contribution is 0.589. The predicted molar refractivity (Wildman–Crippen MR) is 72.7 cm³/mol. The zero-order valence-electron chi connectivity index (χ0n) is 11.1. The first-order valence-electron chi connectivity index (χ1n) is 5.84. The summed E-state index contributed by atoms with van der Waals surface area (Å²) >= 11 is 0. The second-order valence-corrected chi connectivity index (χ2v) is 5.41. The van der Waals surface area contributed by atoms with Crippen molar-refractivity contribution in [2.45, 2.75) is 40.0 Å². The Labute approximate surface area is 99.4 Å². The van der Waals surface area contributed by atoms with Crippen LogP contribution >= 0.6 is 0 Å². The Morgan fingerprint density at radius 3 is 2.00 bits per heavy atom. The first kappa shape index (κ1) is 13.0. The molecule has 1 nitrogen and oxygen atoms in total. The van der Waals surface area contributed by atoms with E-state index < -0.39 is 0 Å². The molecule has 0 saturated heterocycles. The minimum atomic E-state index is 0.214. The van der Waals surface area contributed by atoms with E-state index in [0.29, 0.717) is 6.54 Å². The predicted octanol–water partition coefficient (Wildman–Crippen LogP) is 3.57. The van der Waals surface area contributed by atoms with E-state index >= 15 is 0 Å². The molecule has 0 aromatic heterocycles. The van der Waals surface area contributed by atoms with Gasteiger partial charge < -0.3 is 5.73 Å². The van der Waals surface area contributed by atoms with Gasteiger partial charge in [0.05, 0.1) is 0 Å². The Morgan fingerprint density at radius 1 is 1.12 bits per heavy atom. The van der Waals surface area contributed by atoms with Gasteiger partial charge in [-0.15, -0.1) is 0 Å². The molecule has 0 heterocycles. The van der Waals surface area contributed by atoms with Gasteiger partial charge in [0.25, 0.3) is 0 Å². The molecule has 0 radical (unpaired) electrons. The van der Waals surface area contributed by atoms with Crippen LogP contribution in [0.4, 0.5) is 0 Å². The van der Waals surface area contributed by atoms with Gasteiger partial charge in [0.1, 0.15) is 0 Å². The van der Waals surface area contributed by atoms with Gasteiger partial charge in [-0.25, -0.2) is 0 Å². The van der Waals surface area contributed by atoms with Crippen LogP contribution in [0.1, 0.15) is 43.0 Å². The van der Waals surface area contributed by atoms with Crippen LogP contribution in [0.25, 0.3) is 6.08 Å². The molecule has 1 heteroatoms. The van der Waals surface area contributed by atoms with Crippen molar-refractivity contribution in [3.8, 4) is 0 Å². The van der Waals surface area contributed by atoms with Crippen molar-refractivity contribution in [3.63, 3.8) is 0 Å². The summed E-state index contributed by atoms with van der Waals surface area (Å²) in [5.41, 5.74) is 11.1. The lowest BCUT2D eigenvalue weighted by Crippen LogP contribution is -2.12. The van der Waals surface area contributed by atoms with Crippen molar-refractivity contribution in [1.82, 2.24) is 0 Å². The molecule has 1 aromatic rings. The summed E-state index contributed by atoms with van der Waals surface area (Å²) in [6.45, 7) is 11.7. The Balaban J connectivity index is 3.23. The van der Waals surface area contributed by atoms with E-state index in [9.17, 15) is 0 Å². The summed E-state index contributed by atoms with van der Waals surface area (Å²) in [6, 6.07) is 4.56. The van der Waals surface area contributed by atoms with E-state index in [0.717, 1.165) is 0 Å². The molecule has 0 saturated carbocycles. The lowest BCUT2D eigenvalue weighted by Gasteiger charge is -2.21. The molecule has 0 aliphatic rings. The summed E-state index contributed by atoms with van der Waals surface area (Å²) in [6.07, 6.45) is 4.13. The van der Waals surface area contributed by atoms with Crippen LogP contribution in [0.5, 0.6) is 0 Å². The van der Waals surface area contributed by atoms with Gasteiger partial charge in [-0.3, -0.25) is 0 Å². The summed E-state index contributed by atoms with van der Waals surface area (Å²) in [7, 11) is 0. The molecular formula is C15H23N. The van der Waals surface area contributed by atoms with Gasteiger partial charge >= 0.3 is 0 Å². The molecule has 16 heavy (non-hydrogen) atoms. The third-order valence-corrected chi connectivity index (χ3v) is 2.88. The van der Waals surface area contributed by atoms with Gasteiger partial charge in [0, 0.05) is 6.54 Å². The number of benzene rings is 1. The number of aryl methyl sites for hydroxylation is 2. The summed E-state index contributed by atoms with van der Waals surface area (Å²) in [5.74, 6) is 0. The van der Waals surface area contributed by atoms with Crippen LogP contribution in [0.15, 0.2) is 18.2 Å².